The number of nitrogens with one attached hydrogen (secondary N) is 2. The van der Waals surface area contributed by atoms with Crippen molar-refractivity contribution < 1.29 is 9.53 Å². The van der Waals surface area contributed by atoms with Crippen molar-refractivity contribution in [2.24, 2.45) is 5.41 Å². The van der Waals surface area contributed by atoms with E-state index >= 15 is 0 Å². The summed E-state index contributed by atoms with van der Waals surface area (Å²) in [5.74, 6) is 0.966. The van der Waals surface area contributed by atoms with E-state index in [1.165, 1.54) is 7.11 Å². The van der Waals surface area contributed by atoms with E-state index < -0.39 is 5.41 Å². The Morgan fingerprint density at radius 2 is 2.17 bits per heavy atom. The zero-order valence-corrected chi connectivity index (χ0v) is 11.2. The lowest BCUT2D eigenvalue weighted by atomic mass is 9.92. The molecule has 100 valence electrons. The second-order valence-corrected chi connectivity index (χ2v) is 4.61. The molecule has 1 heterocycles. The fraction of sp³-hybridized carbons (Fsp3) is 0.500. The molecule has 1 rings (SSSR count). The van der Waals surface area contributed by atoms with Gasteiger partial charge in [0.05, 0.1) is 18.2 Å². The molecule has 0 radical (unpaired) electrons. The highest BCUT2D eigenvalue weighted by molar-refractivity contribution is 5.82. The summed E-state index contributed by atoms with van der Waals surface area (Å²) in [6.45, 7) is 4.17. The van der Waals surface area contributed by atoms with E-state index in [1.54, 1.807) is 19.2 Å². The van der Waals surface area contributed by atoms with Crippen LogP contribution in [0.2, 0.25) is 0 Å². The van der Waals surface area contributed by atoms with Gasteiger partial charge in [0.15, 0.2) is 0 Å². The molecule has 1 amide bonds. The van der Waals surface area contributed by atoms with Gasteiger partial charge in [0, 0.05) is 13.6 Å². The van der Waals surface area contributed by atoms with Crippen LogP contribution in [-0.4, -0.2) is 31.6 Å². The Morgan fingerprint density at radius 1 is 1.50 bits per heavy atom. The Bertz CT molecular complexity index is 432. The number of ether oxygens (including phenoxy) is 1. The zero-order valence-electron chi connectivity index (χ0n) is 11.2. The molecule has 0 atom stereocenters. The van der Waals surface area contributed by atoms with Crippen molar-refractivity contribution in [3.63, 3.8) is 0 Å². The summed E-state index contributed by atoms with van der Waals surface area (Å²) < 4.78 is 5.03. The molecule has 0 saturated heterocycles. The van der Waals surface area contributed by atoms with Crippen LogP contribution in [0.4, 0.5) is 11.5 Å². The molecule has 0 bridgehead atoms. The van der Waals surface area contributed by atoms with Gasteiger partial charge in [-0.2, -0.15) is 4.98 Å². The molecule has 0 spiro atoms. The van der Waals surface area contributed by atoms with Crippen molar-refractivity contribution in [3.8, 4) is 5.88 Å². The molecule has 0 aromatic carbocycles. The molecule has 0 aliphatic heterocycles. The lowest BCUT2D eigenvalue weighted by Gasteiger charge is -2.23. The first kappa shape index (κ1) is 14.1. The molecule has 0 saturated carbocycles. The van der Waals surface area contributed by atoms with Gasteiger partial charge in [-0.15, -0.1) is 0 Å². The molecule has 0 fully saturated rings. The van der Waals surface area contributed by atoms with Gasteiger partial charge < -0.3 is 21.1 Å². The van der Waals surface area contributed by atoms with Gasteiger partial charge in [0.2, 0.25) is 11.8 Å². The molecular weight excluding hydrogens is 232 g/mol. The van der Waals surface area contributed by atoms with Crippen LogP contribution in [-0.2, 0) is 4.79 Å². The summed E-state index contributed by atoms with van der Waals surface area (Å²) in [6, 6.07) is 3.46. The van der Waals surface area contributed by atoms with Gasteiger partial charge in [0.1, 0.15) is 5.82 Å². The maximum atomic E-state index is 11.6. The van der Waals surface area contributed by atoms with Crippen molar-refractivity contribution in [3.05, 3.63) is 12.1 Å². The van der Waals surface area contributed by atoms with Crippen molar-refractivity contribution >= 4 is 17.4 Å². The van der Waals surface area contributed by atoms with Gasteiger partial charge in [-0.05, 0) is 26.0 Å². The topological polar surface area (TPSA) is 89.3 Å². The largest absolute Gasteiger partial charge is 0.479 e. The minimum Gasteiger partial charge on any atom is -0.479 e. The molecule has 4 N–H and O–H groups in total. The summed E-state index contributed by atoms with van der Waals surface area (Å²) in [5.41, 5.74) is 5.63. The summed E-state index contributed by atoms with van der Waals surface area (Å²) in [4.78, 5) is 15.8. The Kier molecular flexibility index (Phi) is 4.36. The third-order valence-corrected chi connectivity index (χ3v) is 2.64. The number of carbonyl (C=O) groups is 1. The smallest absolute Gasteiger partial charge is 0.238 e. The quantitative estimate of drug-likeness (QED) is 0.723. The maximum Gasteiger partial charge on any atom is 0.238 e. The number of carbonyl (C=O) groups excluding carboxylic acids is 1. The molecular formula is C12H20N4O2. The van der Waals surface area contributed by atoms with E-state index in [4.69, 9.17) is 10.5 Å². The van der Waals surface area contributed by atoms with Crippen LogP contribution >= 0.6 is 0 Å². The molecule has 18 heavy (non-hydrogen) atoms. The van der Waals surface area contributed by atoms with E-state index in [1.807, 2.05) is 13.8 Å². The Hall–Kier alpha value is -1.98. The van der Waals surface area contributed by atoms with Crippen LogP contribution in [0.15, 0.2) is 12.1 Å². The lowest BCUT2D eigenvalue weighted by Crippen LogP contribution is -2.39. The van der Waals surface area contributed by atoms with Gasteiger partial charge in [-0.25, -0.2) is 0 Å². The number of amides is 1. The molecule has 1 aromatic rings. The summed E-state index contributed by atoms with van der Waals surface area (Å²) in [6.07, 6.45) is 0. The number of methoxy groups -OCH3 is 1. The maximum absolute atomic E-state index is 11.6. The number of hydrogen-bond acceptors (Lipinski definition) is 5. The Labute approximate surface area is 107 Å². The molecule has 1 aromatic heterocycles. The predicted molar refractivity (Wildman–Crippen MR) is 71.5 cm³/mol. The monoisotopic (exact) mass is 252 g/mol. The van der Waals surface area contributed by atoms with Crippen LogP contribution in [0.5, 0.6) is 5.88 Å². The fourth-order valence-corrected chi connectivity index (χ4v) is 1.44. The third kappa shape index (κ3) is 3.26. The van der Waals surface area contributed by atoms with Gasteiger partial charge in [-0.3, -0.25) is 4.79 Å². The van der Waals surface area contributed by atoms with Crippen molar-refractivity contribution in [1.29, 1.82) is 0 Å². The van der Waals surface area contributed by atoms with Crippen LogP contribution in [0.1, 0.15) is 13.8 Å². The van der Waals surface area contributed by atoms with Crippen molar-refractivity contribution in [1.82, 2.24) is 10.3 Å². The number of rotatable bonds is 5. The number of pyridine rings is 1. The lowest BCUT2D eigenvalue weighted by molar-refractivity contribution is -0.128. The van der Waals surface area contributed by atoms with Gasteiger partial charge in [0.25, 0.3) is 0 Å². The summed E-state index contributed by atoms with van der Waals surface area (Å²) in [7, 11) is 3.13. The zero-order chi connectivity index (χ0) is 13.8. The van der Waals surface area contributed by atoms with E-state index in [9.17, 15) is 4.79 Å². The minimum atomic E-state index is -0.523. The second kappa shape index (κ2) is 5.57. The van der Waals surface area contributed by atoms with E-state index in [0.29, 0.717) is 23.9 Å². The molecule has 6 nitrogen and oxygen atoms in total. The number of aromatic nitrogens is 1. The van der Waals surface area contributed by atoms with Crippen LogP contribution in [0.3, 0.4) is 0 Å². The van der Waals surface area contributed by atoms with Gasteiger partial charge in [-0.1, -0.05) is 0 Å². The summed E-state index contributed by atoms with van der Waals surface area (Å²) >= 11 is 0. The Balaban J connectivity index is 2.72. The minimum absolute atomic E-state index is 0.0302. The highest BCUT2D eigenvalue weighted by Crippen LogP contribution is 2.22. The average molecular weight is 252 g/mol. The van der Waals surface area contributed by atoms with Crippen LogP contribution < -0.4 is 21.1 Å². The van der Waals surface area contributed by atoms with Crippen LogP contribution in [0, 0.1) is 5.41 Å². The SMILES string of the molecule is CNC(=O)C(C)(C)CNc1ccc(N)c(OC)n1. The number of nitrogens with zero attached hydrogens (tertiary/aromatic N) is 1. The van der Waals surface area contributed by atoms with E-state index in [2.05, 4.69) is 15.6 Å². The number of hydrogen-bond donors (Lipinski definition) is 3. The molecule has 0 aliphatic rings. The summed E-state index contributed by atoms with van der Waals surface area (Å²) in [5, 5.41) is 5.72. The van der Waals surface area contributed by atoms with Gasteiger partial charge >= 0.3 is 0 Å². The Morgan fingerprint density at radius 3 is 2.72 bits per heavy atom. The first-order valence-electron chi connectivity index (χ1n) is 5.67. The van der Waals surface area contributed by atoms with E-state index in [-0.39, 0.29) is 5.91 Å². The third-order valence-electron chi connectivity index (χ3n) is 2.64. The van der Waals surface area contributed by atoms with Crippen LogP contribution in [0.25, 0.3) is 0 Å². The van der Waals surface area contributed by atoms with Crippen molar-refractivity contribution in [2.75, 3.05) is 31.8 Å². The first-order valence-corrected chi connectivity index (χ1v) is 5.67. The number of nitrogens with two attached hydrogens (primary N) is 1. The second-order valence-electron chi connectivity index (χ2n) is 4.61. The fourth-order valence-electron chi connectivity index (χ4n) is 1.44. The molecule has 0 unspecified atom stereocenters. The highest BCUT2D eigenvalue weighted by atomic mass is 16.5. The number of nitrogen functional groups attached to an aromatic ring is 1. The van der Waals surface area contributed by atoms with E-state index in [0.717, 1.165) is 0 Å². The predicted octanol–water partition coefficient (Wildman–Crippen LogP) is 0.856. The molecule has 0 aliphatic carbocycles. The van der Waals surface area contributed by atoms with Crippen molar-refractivity contribution in [2.45, 2.75) is 13.8 Å². The normalized spacial score (nSPS) is 10.9. The first-order chi connectivity index (χ1) is 8.40. The number of anilines is 2. The highest BCUT2D eigenvalue weighted by Gasteiger charge is 2.26. The molecule has 6 heteroatoms. The standard InChI is InChI=1S/C12H20N4O2/c1-12(2,11(17)14-3)7-15-9-6-5-8(13)10(16-9)18-4/h5-6H,7,13H2,1-4H3,(H,14,17)(H,15,16). The average Bonchev–Trinajstić information content (AvgIpc) is 2.36.